The summed E-state index contributed by atoms with van der Waals surface area (Å²) < 4.78 is 27.3. The first-order chi connectivity index (χ1) is 9.92. The summed E-state index contributed by atoms with van der Waals surface area (Å²) in [6.45, 7) is 2.88. The normalized spacial score (nSPS) is 16.7. The molecule has 1 aromatic rings. The average molecular weight is 311 g/mol. The lowest BCUT2D eigenvalue weighted by Crippen LogP contribution is -2.37. The molecule has 1 aliphatic carbocycles. The van der Waals surface area contributed by atoms with Crippen LogP contribution in [-0.4, -0.2) is 39.5 Å². The SMILES string of the molecule is Cc1c(N)cccc1S(=O)(=O)NCCN(C)C1CCCC1. The largest absolute Gasteiger partial charge is 0.398 e. The van der Waals surface area contributed by atoms with Gasteiger partial charge in [-0.05, 0) is 44.5 Å². The Morgan fingerprint density at radius 1 is 1.33 bits per heavy atom. The van der Waals surface area contributed by atoms with Gasteiger partial charge in [-0.2, -0.15) is 0 Å². The summed E-state index contributed by atoms with van der Waals surface area (Å²) in [6, 6.07) is 5.57. The van der Waals surface area contributed by atoms with Gasteiger partial charge < -0.3 is 10.6 Å². The van der Waals surface area contributed by atoms with Gasteiger partial charge in [-0.25, -0.2) is 13.1 Å². The van der Waals surface area contributed by atoms with Crippen molar-refractivity contribution in [2.24, 2.45) is 0 Å². The maximum Gasteiger partial charge on any atom is 0.240 e. The fourth-order valence-electron chi connectivity index (χ4n) is 2.88. The van der Waals surface area contributed by atoms with Crippen LogP contribution in [0.3, 0.4) is 0 Å². The second kappa shape index (κ2) is 6.77. The van der Waals surface area contributed by atoms with Crippen LogP contribution in [0.25, 0.3) is 0 Å². The molecule has 1 saturated carbocycles. The Kier molecular flexibility index (Phi) is 5.24. The number of anilines is 1. The Morgan fingerprint density at radius 3 is 2.67 bits per heavy atom. The average Bonchev–Trinajstić information content (AvgIpc) is 2.95. The van der Waals surface area contributed by atoms with Crippen LogP contribution in [0.1, 0.15) is 31.2 Å². The van der Waals surface area contributed by atoms with Gasteiger partial charge in [0.2, 0.25) is 10.0 Å². The van der Waals surface area contributed by atoms with Gasteiger partial charge in [0, 0.05) is 24.8 Å². The van der Waals surface area contributed by atoms with Crippen LogP contribution in [0.4, 0.5) is 5.69 Å². The van der Waals surface area contributed by atoms with Crippen molar-refractivity contribution >= 4 is 15.7 Å². The number of nitrogens with two attached hydrogens (primary N) is 1. The van der Waals surface area contributed by atoms with Gasteiger partial charge in [0.1, 0.15) is 0 Å². The summed E-state index contributed by atoms with van der Waals surface area (Å²) >= 11 is 0. The number of hydrogen-bond donors (Lipinski definition) is 2. The second-order valence-corrected chi connectivity index (χ2v) is 7.52. The highest BCUT2D eigenvalue weighted by Crippen LogP contribution is 2.22. The molecule has 0 radical (unpaired) electrons. The summed E-state index contributed by atoms with van der Waals surface area (Å²) in [5.41, 5.74) is 6.88. The van der Waals surface area contributed by atoms with Gasteiger partial charge in [0.15, 0.2) is 0 Å². The van der Waals surface area contributed by atoms with Gasteiger partial charge in [-0.1, -0.05) is 18.9 Å². The second-order valence-electron chi connectivity index (χ2n) is 5.79. The lowest BCUT2D eigenvalue weighted by molar-refractivity contribution is 0.250. The van der Waals surface area contributed by atoms with Crippen LogP contribution >= 0.6 is 0 Å². The Bertz CT molecular complexity index is 581. The van der Waals surface area contributed by atoms with Crippen LogP contribution < -0.4 is 10.5 Å². The molecule has 118 valence electrons. The van der Waals surface area contributed by atoms with Gasteiger partial charge in [-0.3, -0.25) is 0 Å². The van der Waals surface area contributed by atoms with Crippen LogP contribution in [0.2, 0.25) is 0 Å². The van der Waals surface area contributed by atoms with Crippen molar-refractivity contribution in [3.63, 3.8) is 0 Å². The molecule has 1 aliphatic rings. The predicted molar refractivity (Wildman–Crippen MR) is 85.7 cm³/mol. The lowest BCUT2D eigenvalue weighted by atomic mass is 10.2. The van der Waals surface area contributed by atoms with Crippen LogP contribution in [0.5, 0.6) is 0 Å². The Labute approximate surface area is 127 Å². The molecule has 0 aliphatic heterocycles. The predicted octanol–water partition coefficient (Wildman–Crippen LogP) is 1.73. The van der Waals surface area contributed by atoms with Gasteiger partial charge >= 0.3 is 0 Å². The van der Waals surface area contributed by atoms with E-state index in [9.17, 15) is 8.42 Å². The zero-order valence-corrected chi connectivity index (χ0v) is 13.6. The van der Waals surface area contributed by atoms with Crippen molar-refractivity contribution in [3.8, 4) is 0 Å². The van der Waals surface area contributed by atoms with Crippen molar-refractivity contribution in [2.75, 3.05) is 25.9 Å². The molecular formula is C15H25N3O2S. The van der Waals surface area contributed by atoms with Crippen molar-refractivity contribution < 1.29 is 8.42 Å². The van der Waals surface area contributed by atoms with Crippen LogP contribution in [0.15, 0.2) is 23.1 Å². The maximum absolute atomic E-state index is 12.3. The van der Waals surface area contributed by atoms with E-state index in [1.54, 1.807) is 25.1 Å². The summed E-state index contributed by atoms with van der Waals surface area (Å²) in [5.74, 6) is 0. The quantitative estimate of drug-likeness (QED) is 0.785. The van der Waals surface area contributed by atoms with Crippen LogP contribution in [0, 0.1) is 6.92 Å². The molecule has 0 atom stereocenters. The van der Waals surface area contributed by atoms with Crippen molar-refractivity contribution in [1.82, 2.24) is 9.62 Å². The van der Waals surface area contributed by atoms with Gasteiger partial charge in [-0.15, -0.1) is 0 Å². The molecule has 0 spiro atoms. The summed E-state index contributed by atoms with van der Waals surface area (Å²) in [4.78, 5) is 2.52. The van der Waals surface area contributed by atoms with Crippen LogP contribution in [-0.2, 0) is 10.0 Å². The third-order valence-electron chi connectivity index (χ3n) is 4.32. The Morgan fingerprint density at radius 2 is 2.00 bits per heavy atom. The van der Waals surface area contributed by atoms with Crippen molar-refractivity contribution in [1.29, 1.82) is 0 Å². The van der Waals surface area contributed by atoms with Crippen molar-refractivity contribution in [3.05, 3.63) is 23.8 Å². The number of hydrogen-bond acceptors (Lipinski definition) is 4. The minimum Gasteiger partial charge on any atom is -0.398 e. The highest BCUT2D eigenvalue weighted by atomic mass is 32.2. The summed E-state index contributed by atoms with van der Waals surface area (Å²) in [6.07, 6.45) is 5.00. The zero-order chi connectivity index (χ0) is 15.5. The van der Waals surface area contributed by atoms with E-state index in [1.165, 1.54) is 25.7 Å². The topological polar surface area (TPSA) is 75.4 Å². The minimum atomic E-state index is -3.49. The number of sulfonamides is 1. The molecule has 1 aromatic carbocycles. The summed E-state index contributed by atoms with van der Waals surface area (Å²) in [5, 5.41) is 0. The minimum absolute atomic E-state index is 0.269. The highest BCUT2D eigenvalue weighted by Gasteiger charge is 2.21. The van der Waals surface area contributed by atoms with E-state index in [4.69, 9.17) is 5.73 Å². The number of nitrogens with zero attached hydrogens (tertiary/aromatic N) is 1. The lowest BCUT2D eigenvalue weighted by Gasteiger charge is -2.24. The smallest absolute Gasteiger partial charge is 0.240 e. The fourth-order valence-corrected chi connectivity index (χ4v) is 4.18. The van der Waals surface area contributed by atoms with Gasteiger partial charge in [0.05, 0.1) is 4.90 Å². The van der Waals surface area contributed by atoms with E-state index in [0.29, 0.717) is 23.8 Å². The Hall–Kier alpha value is -1.11. The molecular weight excluding hydrogens is 286 g/mol. The number of nitrogen functional groups attached to an aromatic ring is 1. The molecule has 5 nitrogen and oxygen atoms in total. The number of nitrogens with one attached hydrogen (secondary N) is 1. The molecule has 0 unspecified atom stereocenters. The molecule has 0 aromatic heterocycles. The van der Waals surface area contributed by atoms with E-state index >= 15 is 0 Å². The van der Waals surface area contributed by atoms with E-state index in [-0.39, 0.29) is 4.90 Å². The molecule has 1 fully saturated rings. The molecule has 6 heteroatoms. The molecule has 2 rings (SSSR count). The molecule has 0 amide bonds. The third-order valence-corrected chi connectivity index (χ3v) is 5.93. The fraction of sp³-hybridized carbons (Fsp3) is 0.600. The molecule has 3 N–H and O–H groups in total. The number of rotatable bonds is 6. The van der Waals surface area contributed by atoms with Gasteiger partial charge in [0.25, 0.3) is 0 Å². The number of likely N-dealkylation sites (N-methyl/N-ethyl adjacent to an activating group) is 1. The van der Waals surface area contributed by atoms with E-state index in [0.717, 1.165) is 6.54 Å². The summed E-state index contributed by atoms with van der Waals surface area (Å²) in [7, 11) is -1.42. The molecule has 21 heavy (non-hydrogen) atoms. The van der Waals surface area contributed by atoms with Crippen molar-refractivity contribution in [2.45, 2.75) is 43.5 Å². The number of benzene rings is 1. The zero-order valence-electron chi connectivity index (χ0n) is 12.8. The monoisotopic (exact) mass is 311 g/mol. The van der Waals surface area contributed by atoms with E-state index in [1.807, 2.05) is 0 Å². The first-order valence-corrected chi connectivity index (χ1v) is 8.95. The first kappa shape index (κ1) is 16.3. The highest BCUT2D eigenvalue weighted by molar-refractivity contribution is 7.89. The molecule has 0 bridgehead atoms. The third kappa shape index (κ3) is 3.96. The Balaban J connectivity index is 1.93. The molecule has 0 heterocycles. The van der Waals surface area contributed by atoms with E-state index < -0.39 is 10.0 Å². The maximum atomic E-state index is 12.3. The standard InChI is InChI=1S/C15H25N3O2S/c1-12-14(16)8-5-9-15(12)21(19,20)17-10-11-18(2)13-6-3-4-7-13/h5,8-9,13,17H,3-4,6-7,10-11,16H2,1-2H3. The first-order valence-electron chi connectivity index (χ1n) is 7.47. The van der Waals surface area contributed by atoms with E-state index in [2.05, 4.69) is 16.7 Å². The molecule has 0 saturated heterocycles.